The van der Waals surface area contributed by atoms with Crippen molar-refractivity contribution in [2.24, 2.45) is 0 Å². The number of ether oxygens (including phenoxy) is 1. The number of aromatic hydroxyl groups is 1. The molecule has 3 amide bonds. The van der Waals surface area contributed by atoms with E-state index in [4.69, 9.17) is 4.74 Å². The van der Waals surface area contributed by atoms with Gasteiger partial charge >= 0.3 is 6.09 Å². The summed E-state index contributed by atoms with van der Waals surface area (Å²) in [5.74, 6) is -0.0601. The maximum atomic E-state index is 14.0. The van der Waals surface area contributed by atoms with Gasteiger partial charge in [-0.3, -0.25) is 9.59 Å². The van der Waals surface area contributed by atoms with Crippen LogP contribution in [0, 0.1) is 0 Å². The second-order valence-corrected chi connectivity index (χ2v) is 11.9. The van der Waals surface area contributed by atoms with Gasteiger partial charge in [-0.25, -0.2) is 4.79 Å². The van der Waals surface area contributed by atoms with Crippen LogP contribution in [0.1, 0.15) is 85.8 Å². The summed E-state index contributed by atoms with van der Waals surface area (Å²) in [6.45, 7) is 13.3. The molecule has 0 aliphatic heterocycles. The fourth-order valence-electron chi connectivity index (χ4n) is 3.65. The minimum Gasteiger partial charge on any atom is -0.508 e. The van der Waals surface area contributed by atoms with E-state index in [1.807, 2.05) is 27.0 Å². The number of phenolic OH excluding ortho intramolecular Hbond substituents is 1. The summed E-state index contributed by atoms with van der Waals surface area (Å²) in [6, 6.07) is 4.57. The Balaban J connectivity index is 3.48. The van der Waals surface area contributed by atoms with Crippen molar-refractivity contribution < 1.29 is 24.2 Å². The first-order chi connectivity index (χ1) is 16.7. The first-order valence-corrected chi connectivity index (χ1v) is 14.0. The van der Waals surface area contributed by atoms with Crippen LogP contribution in [0.3, 0.4) is 0 Å². The Morgan fingerprint density at radius 1 is 1.11 bits per heavy atom. The molecule has 0 fully saturated rings. The van der Waals surface area contributed by atoms with Crippen LogP contribution in [-0.2, 0) is 14.3 Å². The van der Waals surface area contributed by atoms with Crippen molar-refractivity contribution in [2.75, 3.05) is 18.6 Å². The molecule has 2 unspecified atom stereocenters. The SMILES string of the molecule is CCCCCN(C(=O)C(CCSC)NC(=O)OC(C)(C)C)C(C(=O)NC(C)(C)C)c1cccc(O)c1. The molecule has 0 aliphatic rings. The molecule has 1 aromatic carbocycles. The van der Waals surface area contributed by atoms with Gasteiger partial charge in [0, 0.05) is 12.1 Å². The molecule has 1 rings (SSSR count). The van der Waals surface area contributed by atoms with Gasteiger partial charge < -0.3 is 25.4 Å². The van der Waals surface area contributed by atoms with Crippen molar-refractivity contribution in [1.82, 2.24) is 15.5 Å². The number of thioether (sulfide) groups is 1. The summed E-state index contributed by atoms with van der Waals surface area (Å²) >= 11 is 1.57. The highest BCUT2D eigenvalue weighted by atomic mass is 32.2. The standard InChI is InChI=1S/C27H45N3O5S/c1-9-10-11-16-30(24(33)21(15-17-36-8)28-25(34)35-27(5,6)7)22(23(32)29-26(2,3)4)19-13-12-14-20(31)18-19/h12-14,18,21-22,31H,9-11,15-17H2,1-8H3,(H,28,34)(H,29,32). The van der Waals surface area contributed by atoms with Gasteiger partial charge in [0.05, 0.1) is 0 Å². The van der Waals surface area contributed by atoms with Gasteiger partial charge in [-0.05, 0) is 84.1 Å². The van der Waals surface area contributed by atoms with Gasteiger partial charge in [0.2, 0.25) is 11.8 Å². The normalized spacial score (nSPS) is 13.4. The number of hydrogen-bond donors (Lipinski definition) is 3. The van der Waals surface area contributed by atoms with Gasteiger partial charge in [-0.1, -0.05) is 31.9 Å². The summed E-state index contributed by atoms with van der Waals surface area (Å²) in [6.07, 6.45) is 4.16. The predicted molar refractivity (Wildman–Crippen MR) is 146 cm³/mol. The largest absolute Gasteiger partial charge is 0.508 e. The van der Waals surface area contributed by atoms with Crippen LogP contribution in [0.5, 0.6) is 5.75 Å². The third-order valence-electron chi connectivity index (χ3n) is 5.13. The van der Waals surface area contributed by atoms with E-state index in [0.717, 1.165) is 12.8 Å². The molecule has 3 N–H and O–H groups in total. The Bertz CT molecular complexity index is 864. The molecule has 8 nitrogen and oxygen atoms in total. The van der Waals surface area contributed by atoms with Crippen molar-refractivity contribution in [1.29, 1.82) is 0 Å². The van der Waals surface area contributed by atoms with Gasteiger partial charge in [-0.15, -0.1) is 0 Å². The molecule has 36 heavy (non-hydrogen) atoms. The number of nitrogens with one attached hydrogen (secondary N) is 2. The fraction of sp³-hybridized carbons (Fsp3) is 0.667. The van der Waals surface area contributed by atoms with Gasteiger partial charge in [0.15, 0.2) is 0 Å². The number of nitrogens with zero attached hydrogens (tertiary/aromatic N) is 1. The summed E-state index contributed by atoms with van der Waals surface area (Å²) < 4.78 is 5.41. The molecule has 9 heteroatoms. The molecule has 0 bridgehead atoms. The van der Waals surface area contributed by atoms with Crippen LogP contribution in [0.25, 0.3) is 0 Å². The molecule has 204 valence electrons. The van der Waals surface area contributed by atoms with Crippen molar-refractivity contribution in [3.63, 3.8) is 0 Å². The zero-order chi connectivity index (χ0) is 27.5. The Kier molecular flexibility index (Phi) is 12.6. The number of rotatable bonds is 12. The highest BCUT2D eigenvalue weighted by Gasteiger charge is 2.37. The molecule has 0 heterocycles. The lowest BCUT2D eigenvalue weighted by molar-refractivity contribution is -0.143. The Hall–Kier alpha value is -2.42. The molecule has 0 radical (unpaired) electrons. The summed E-state index contributed by atoms with van der Waals surface area (Å²) in [5, 5.41) is 15.9. The first kappa shape index (κ1) is 31.6. The second-order valence-electron chi connectivity index (χ2n) is 11.0. The molecule has 0 aliphatic carbocycles. The average Bonchev–Trinajstić information content (AvgIpc) is 2.73. The number of benzene rings is 1. The number of phenols is 1. The van der Waals surface area contributed by atoms with E-state index in [2.05, 4.69) is 17.6 Å². The number of alkyl carbamates (subject to hydrolysis) is 1. The Morgan fingerprint density at radius 2 is 1.78 bits per heavy atom. The number of carbonyl (C=O) groups excluding carboxylic acids is 3. The van der Waals surface area contributed by atoms with Crippen LogP contribution in [0.4, 0.5) is 4.79 Å². The highest BCUT2D eigenvalue weighted by molar-refractivity contribution is 7.98. The third-order valence-corrected chi connectivity index (χ3v) is 5.77. The Morgan fingerprint density at radius 3 is 2.31 bits per heavy atom. The smallest absolute Gasteiger partial charge is 0.408 e. The van der Waals surface area contributed by atoms with Crippen molar-refractivity contribution in [2.45, 2.75) is 97.4 Å². The fourth-order valence-corrected chi connectivity index (χ4v) is 4.12. The van der Waals surface area contributed by atoms with Crippen LogP contribution in [0.15, 0.2) is 24.3 Å². The lowest BCUT2D eigenvalue weighted by Crippen LogP contribution is -2.55. The van der Waals surface area contributed by atoms with Gasteiger partial charge in [0.1, 0.15) is 23.4 Å². The van der Waals surface area contributed by atoms with Crippen LogP contribution in [0.2, 0.25) is 0 Å². The van der Waals surface area contributed by atoms with E-state index in [-0.39, 0.29) is 17.6 Å². The van der Waals surface area contributed by atoms with E-state index in [0.29, 0.717) is 30.7 Å². The minimum atomic E-state index is -0.974. The average molecular weight is 524 g/mol. The predicted octanol–water partition coefficient (Wildman–Crippen LogP) is 5.01. The van der Waals surface area contributed by atoms with Crippen molar-refractivity contribution >= 4 is 29.7 Å². The summed E-state index contributed by atoms with van der Waals surface area (Å²) in [5.41, 5.74) is -0.742. The third kappa shape index (κ3) is 11.5. The molecule has 2 atom stereocenters. The second kappa shape index (κ2) is 14.4. The molecule has 0 saturated heterocycles. The van der Waals surface area contributed by atoms with E-state index in [1.54, 1.807) is 44.7 Å². The van der Waals surface area contributed by atoms with Crippen LogP contribution in [-0.4, -0.2) is 63.6 Å². The molecule has 1 aromatic rings. The van der Waals surface area contributed by atoms with Gasteiger partial charge in [0.25, 0.3) is 0 Å². The molecule has 0 saturated carbocycles. The molecule has 0 spiro atoms. The number of carbonyl (C=O) groups is 3. The van der Waals surface area contributed by atoms with Gasteiger partial charge in [-0.2, -0.15) is 11.8 Å². The van der Waals surface area contributed by atoms with Crippen LogP contribution >= 0.6 is 11.8 Å². The van der Waals surface area contributed by atoms with E-state index >= 15 is 0 Å². The first-order valence-electron chi connectivity index (χ1n) is 12.6. The summed E-state index contributed by atoms with van der Waals surface area (Å²) in [4.78, 5) is 41.7. The highest BCUT2D eigenvalue weighted by Crippen LogP contribution is 2.27. The molecular weight excluding hydrogens is 478 g/mol. The van der Waals surface area contributed by atoms with E-state index in [1.165, 1.54) is 17.0 Å². The zero-order valence-corrected chi connectivity index (χ0v) is 24.0. The van der Waals surface area contributed by atoms with E-state index < -0.39 is 29.3 Å². The zero-order valence-electron chi connectivity index (χ0n) is 23.1. The monoisotopic (exact) mass is 523 g/mol. The summed E-state index contributed by atoms with van der Waals surface area (Å²) in [7, 11) is 0. The number of amides is 3. The number of hydrogen-bond acceptors (Lipinski definition) is 6. The number of unbranched alkanes of at least 4 members (excludes halogenated alkanes) is 2. The maximum Gasteiger partial charge on any atom is 0.408 e. The van der Waals surface area contributed by atoms with Crippen molar-refractivity contribution in [3.05, 3.63) is 29.8 Å². The topological polar surface area (TPSA) is 108 Å². The molecular formula is C27H45N3O5S. The minimum absolute atomic E-state index is 0.00725. The molecule has 0 aromatic heterocycles. The maximum absolute atomic E-state index is 14.0. The van der Waals surface area contributed by atoms with Crippen molar-refractivity contribution in [3.8, 4) is 5.75 Å². The van der Waals surface area contributed by atoms with Crippen LogP contribution < -0.4 is 10.6 Å². The van der Waals surface area contributed by atoms with E-state index in [9.17, 15) is 19.5 Å². The Labute approximate surface area is 220 Å². The lowest BCUT2D eigenvalue weighted by atomic mass is 9.99. The quantitative estimate of drug-likeness (QED) is 0.332. The lowest BCUT2D eigenvalue weighted by Gasteiger charge is -2.36.